The minimum atomic E-state index is -0.196. The van der Waals surface area contributed by atoms with Crippen LogP contribution in [0.15, 0.2) is 48.5 Å². The molecule has 0 unspecified atom stereocenters. The lowest BCUT2D eigenvalue weighted by atomic mass is 10.0. The minimum absolute atomic E-state index is 0.150. The summed E-state index contributed by atoms with van der Waals surface area (Å²) in [6.45, 7) is 7.44. The Hall–Kier alpha value is -3.21. The van der Waals surface area contributed by atoms with Gasteiger partial charge in [0.2, 0.25) is 5.91 Å². The molecule has 0 atom stereocenters. The number of nitrogens with zero attached hydrogens (tertiary/aromatic N) is 1. The first-order chi connectivity index (χ1) is 12.9. The molecule has 3 aromatic rings. The maximum Gasteiger partial charge on any atom is 0.256 e. The van der Waals surface area contributed by atoms with Gasteiger partial charge < -0.3 is 10.6 Å². The van der Waals surface area contributed by atoms with E-state index in [4.69, 9.17) is 0 Å². The molecule has 5 heteroatoms. The zero-order valence-corrected chi connectivity index (χ0v) is 16.0. The van der Waals surface area contributed by atoms with E-state index in [-0.39, 0.29) is 17.7 Å². The van der Waals surface area contributed by atoms with Crippen molar-refractivity contribution in [1.82, 2.24) is 4.98 Å². The number of carbonyl (C=O) groups is 2. The minimum Gasteiger partial charge on any atom is -0.326 e. The number of hydrogen-bond acceptors (Lipinski definition) is 3. The Morgan fingerprint density at radius 3 is 2.30 bits per heavy atom. The van der Waals surface area contributed by atoms with Crippen LogP contribution in [0.5, 0.6) is 0 Å². The highest BCUT2D eigenvalue weighted by molar-refractivity contribution is 6.13. The van der Waals surface area contributed by atoms with Gasteiger partial charge in [-0.15, -0.1) is 0 Å². The molecule has 2 N–H and O–H groups in total. The Labute approximate surface area is 158 Å². The van der Waals surface area contributed by atoms with Crippen LogP contribution in [0.3, 0.4) is 0 Å². The summed E-state index contributed by atoms with van der Waals surface area (Å²) in [6, 6.07) is 14.9. The monoisotopic (exact) mass is 361 g/mol. The average molecular weight is 361 g/mol. The molecular weight excluding hydrogens is 338 g/mol. The molecule has 1 heterocycles. The first-order valence-electron chi connectivity index (χ1n) is 8.95. The van der Waals surface area contributed by atoms with Crippen LogP contribution >= 0.6 is 0 Å². The molecule has 3 rings (SSSR count). The van der Waals surface area contributed by atoms with Crippen LogP contribution in [0.25, 0.3) is 10.9 Å². The molecule has 2 amide bonds. The smallest absolute Gasteiger partial charge is 0.256 e. The largest absolute Gasteiger partial charge is 0.326 e. The van der Waals surface area contributed by atoms with Crippen molar-refractivity contribution < 1.29 is 9.59 Å². The van der Waals surface area contributed by atoms with E-state index in [0.717, 1.165) is 22.2 Å². The first kappa shape index (κ1) is 18.6. The molecule has 0 saturated heterocycles. The lowest BCUT2D eigenvalue weighted by molar-refractivity contribution is -0.114. The second-order valence-electron chi connectivity index (χ2n) is 6.88. The van der Waals surface area contributed by atoms with E-state index in [2.05, 4.69) is 29.5 Å². The van der Waals surface area contributed by atoms with Crippen molar-refractivity contribution in [2.24, 2.45) is 0 Å². The number of aromatic nitrogens is 1. The van der Waals surface area contributed by atoms with Gasteiger partial charge in [-0.2, -0.15) is 0 Å². The molecule has 0 aliphatic carbocycles. The lowest BCUT2D eigenvalue weighted by Gasteiger charge is -2.15. The lowest BCUT2D eigenvalue weighted by Crippen LogP contribution is -2.15. The molecule has 1 aromatic heterocycles. The van der Waals surface area contributed by atoms with Gasteiger partial charge in [-0.25, -0.2) is 0 Å². The Bertz CT molecular complexity index is 1030. The quantitative estimate of drug-likeness (QED) is 0.696. The van der Waals surface area contributed by atoms with Crippen molar-refractivity contribution in [2.45, 2.75) is 33.6 Å². The topological polar surface area (TPSA) is 71.1 Å². The van der Waals surface area contributed by atoms with Gasteiger partial charge >= 0.3 is 0 Å². The number of nitrogens with one attached hydrogen (secondary N) is 2. The van der Waals surface area contributed by atoms with Gasteiger partial charge in [0, 0.05) is 29.4 Å². The van der Waals surface area contributed by atoms with Crippen LogP contribution in [0, 0.1) is 6.92 Å². The van der Waals surface area contributed by atoms with E-state index in [9.17, 15) is 9.59 Å². The van der Waals surface area contributed by atoms with Crippen molar-refractivity contribution in [3.63, 3.8) is 0 Å². The molecule has 27 heavy (non-hydrogen) atoms. The van der Waals surface area contributed by atoms with Gasteiger partial charge in [-0.1, -0.05) is 38.1 Å². The fraction of sp³-hybridized carbons (Fsp3) is 0.227. The van der Waals surface area contributed by atoms with E-state index in [1.807, 2.05) is 49.4 Å². The van der Waals surface area contributed by atoms with Crippen LogP contribution in [0.2, 0.25) is 0 Å². The first-order valence-corrected chi connectivity index (χ1v) is 8.95. The molecule has 2 aromatic carbocycles. The summed E-state index contributed by atoms with van der Waals surface area (Å²) in [5.74, 6) is -0.132. The molecule has 0 spiro atoms. The van der Waals surface area contributed by atoms with Crippen LogP contribution in [-0.4, -0.2) is 16.8 Å². The maximum atomic E-state index is 13.1. The van der Waals surface area contributed by atoms with E-state index in [0.29, 0.717) is 16.9 Å². The van der Waals surface area contributed by atoms with Gasteiger partial charge in [0.05, 0.1) is 11.1 Å². The number of pyridine rings is 1. The third-order valence-corrected chi connectivity index (χ3v) is 4.46. The van der Waals surface area contributed by atoms with E-state index in [1.54, 1.807) is 6.07 Å². The molecule has 0 saturated carbocycles. The molecule has 138 valence electrons. The summed E-state index contributed by atoms with van der Waals surface area (Å²) in [4.78, 5) is 29.1. The zero-order chi connectivity index (χ0) is 19.6. The predicted molar refractivity (Wildman–Crippen MR) is 109 cm³/mol. The normalized spacial score (nSPS) is 10.9. The number of anilines is 2. The number of fused-ring (bicyclic) bond motifs is 1. The van der Waals surface area contributed by atoms with Crippen LogP contribution in [0.1, 0.15) is 48.3 Å². The van der Waals surface area contributed by atoms with Gasteiger partial charge in [0.1, 0.15) is 0 Å². The van der Waals surface area contributed by atoms with Crippen molar-refractivity contribution in [3.05, 3.63) is 65.4 Å². The fourth-order valence-electron chi connectivity index (χ4n) is 2.97. The summed E-state index contributed by atoms with van der Waals surface area (Å²) in [6.07, 6.45) is 0. The summed E-state index contributed by atoms with van der Waals surface area (Å²) in [7, 11) is 0. The summed E-state index contributed by atoms with van der Waals surface area (Å²) < 4.78 is 0. The third kappa shape index (κ3) is 3.97. The Morgan fingerprint density at radius 2 is 1.63 bits per heavy atom. The molecule has 0 radical (unpaired) electrons. The number of carbonyl (C=O) groups excluding carboxylic acids is 2. The number of para-hydroxylation sites is 1. The van der Waals surface area contributed by atoms with E-state index in [1.165, 1.54) is 6.92 Å². The van der Waals surface area contributed by atoms with Crippen molar-refractivity contribution in [1.29, 1.82) is 0 Å². The number of hydrogen-bond donors (Lipinski definition) is 2. The van der Waals surface area contributed by atoms with E-state index < -0.39 is 0 Å². The van der Waals surface area contributed by atoms with Gasteiger partial charge in [0.25, 0.3) is 5.91 Å². The highest BCUT2D eigenvalue weighted by Crippen LogP contribution is 2.26. The number of amides is 2. The van der Waals surface area contributed by atoms with Gasteiger partial charge in [-0.3, -0.25) is 14.6 Å². The average Bonchev–Trinajstić information content (AvgIpc) is 2.63. The highest BCUT2D eigenvalue weighted by atomic mass is 16.2. The van der Waals surface area contributed by atoms with Gasteiger partial charge in [-0.05, 0) is 42.7 Å². The predicted octanol–water partition coefficient (Wildman–Crippen LogP) is 4.88. The number of benzene rings is 2. The molecular formula is C22H23N3O2. The second-order valence-corrected chi connectivity index (χ2v) is 6.88. The van der Waals surface area contributed by atoms with Gasteiger partial charge in [0.15, 0.2) is 0 Å². The Morgan fingerprint density at radius 1 is 0.963 bits per heavy atom. The zero-order valence-electron chi connectivity index (χ0n) is 16.0. The van der Waals surface area contributed by atoms with Crippen LogP contribution in [0.4, 0.5) is 11.4 Å². The summed E-state index contributed by atoms with van der Waals surface area (Å²) >= 11 is 0. The Balaban J connectivity index is 2.01. The molecule has 5 nitrogen and oxygen atoms in total. The Kier molecular flexibility index (Phi) is 5.21. The summed E-state index contributed by atoms with van der Waals surface area (Å²) in [5.41, 5.74) is 4.43. The summed E-state index contributed by atoms with van der Waals surface area (Å²) in [5, 5.41) is 6.58. The standard InChI is InChI=1S/C22H23N3O2/c1-13(2)21-12-17(16-8-5-6-9-20(16)24-21)22(27)25-19-11-7-10-18(14(19)3)23-15(4)26/h5-13H,1-4H3,(H,23,26)(H,25,27). The van der Waals surface area contributed by atoms with E-state index >= 15 is 0 Å². The SMILES string of the molecule is CC(=O)Nc1cccc(NC(=O)c2cc(C(C)C)nc3ccccc23)c1C. The van der Waals surface area contributed by atoms with Crippen LogP contribution < -0.4 is 10.6 Å². The maximum absolute atomic E-state index is 13.1. The van der Waals surface area contributed by atoms with Crippen molar-refractivity contribution >= 4 is 34.1 Å². The van der Waals surface area contributed by atoms with Crippen molar-refractivity contribution in [2.75, 3.05) is 10.6 Å². The highest BCUT2D eigenvalue weighted by Gasteiger charge is 2.16. The fourth-order valence-corrected chi connectivity index (χ4v) is 2.97. The number of rotatable bonds is 4. The second kappa shape index (κ2) is 7.58. The molecule has 0 fully saturated rings. The van der Waals surface area contributed by atoms with Crippen LogP contribution in [-0.2, 0) is 4.79 Å². The molecule has 0 bridgehead atoms. The molecule has 0 aliphatic heterocycles. The molecule has 0 aliphatic rings. The third-order valence-electron chi connectivity index (χ3n) is 4.46. The van der Waals surface area contributed by atoms with Crippen molar-refractivity contribution in [3.8, 4) is 0 Å².